The number of benzene rings is 2. The maximum atomic E-state index is 5.83. The molecule has 1 unspecified atom stereocenters. The zero-order valence-electron chi connectivity index (χ0n) is 19.2. The second kappa shape index (κ2) is 9.35. The van der Waals surface area contributed by atoms with Crippen LogP contribution in [0, 0.1) is 0 Å². The van der Waals surface area contributed by atoms with Crippen molar-refractivity contribution in [1.82, 2.24) is 25.3 Å². The molecule has 3 heterocycles. The van der Waals surface area contributed by atoms with E-state index in [0.29, 0.717) is 17.6 Å². The second-order valence-corrected chi connectivity index (χ2v) is 9.16. The van der Waals surface area contributed by atoms with Gasteiger partial charge >= 0.3 is 6.01 Å². The van der Waals surface area contributed by atoms with Gasteiger partial charge in [-0.15, -0.1) is 15.3 Å². The molecule has 172 valence electrons. The molecule has 2 aliphatic rings. The van der Waals surface area contributed by atoms with Crippen molar-refractivity contribution in [3.8, 4) is 22.8 Å². The van der Waals surface area contributed by atoms with Gasteiger partial charge in [0.05, 0.1) is 5.69 Å². The lowest BCUT2D eigenvalue weighted by atomic mass is 10.0. The van der Waals surface area contributed by atoms with Gasteiger partial charge in [-0.3, -0.25) is 0 Å². The lowest BCUT2D eigenvalue weighted by Gasteiger charge is -2.25. The van der Waals surface area contributed by atoms with Crippen LogP contribution in [0.25, 0.3) is 22.8 Å². The highest BCUT2D eigenvalue weighted by Gasteiger charge is 2.24. The molecule has 34 heavy (non-hydrogen) atoms. The summed E-state index contributed by atoms with van der Waals surface area (Å²) in [5.41, 5.74) is 6.24. The topological polar surface area (TPSA) is 80.0 Å². The average Bonchev–Trinajstić information content (AvgIpc) is 3.54. The number of rotatable bonds is 5. The number of hydrogen-bond acceptors (Lipinski definition) is 7. The SMILES string of the molecule is c1ccc(-c2ccc(-c3nnc(Nc4ccc5c(c4)CCC(N4CCCC4)CC5)o3)nn2)cc1. The number of aryl methyl sites for hydroxylation is 2. The Kier molecular flexibility index (Phi) is 5.77. The van der Waals surface area contributed by atoms with Crippen LogP contribution in [0.2, 0.25) is 0 Å². The fourth-order valence-corrected chi connectivity index (χ4v) is 5.15. The normalized spacial score (nSPS) is 18.4. The highest BCUT2D eigenvalue weighted by molar-refractivity contribution is 5.61. The summed E-state index contributed by atoms with van der Waals surface area (Å²) in [7, 11) is 0. The summed E-state index contributed by atoms with van der Waals surface area (Å²) < 4.78 is 5.83. The first-order valence-electron chi connectivity index (χ1n) is 12.2. The molecule has 0 saturated carbocycles. The van der Waals surface area contributed by atoms with Crippen LogP contribution in [-0.2, 0) is 12.8 Å². The molecule has 2 aromatic carbocycles. The van der Waals surface area contributed by atoms with Crippen molar-refractivity contribution in [1.29, 1.82) is 0 Å². The molecule has 0 bridgehead atoms. The van der Waals surface area contributed by atoms with E-state index in [0.717, 1.165) is 35.8 Å². The third-order valence-corrected chi connectivity index (χ3v) is 6.99. The van der Waals surface area contributed by atoms with E-state index in [1.807, 2.05) is 42.5 Å². The third-order valence-electron chi connectivity index (χ3n) is 6.99. The summed E-state index contributed by atoms with van der Waals surface area (Å²) >= 11 is 0. The predicted molar refractivity (Wildman–Crippen MR) is 132 cm³/mol. The van der Waals surface area contributed by atoms with E-state index in [9.17, 15) is 0 Å². The van der Waals surface area contributed by atoms with Crippen molar-refractivity contribution in [2.75, 3.05) is 18.4 Å². The zero-order chi connectivity index (χ0) is 22.7. The van der Waals surface area contributed by atoms with Crippen LogP contribution < -0.4 is 5.32 Å². The number of nitrogens with zero attached hydrogens (tertiary/aromatic N) is 5. The molecule has 2 aromatic heterocycles. The molecule has 1 saturated heterocycles. The summed E-state index contributed by atoms with van der Waals surface area (Å²) in [6.45, 7) is 2.54. The Bertz CT molecular complexity index is 1250. The molecule has 1 aliphatic carbocycles. The highest BCUT2D eigenvalue weighted by Crippen LogP contribution is 2.29. The van der Waals surface area contributed by atoms with E-state index >= 15 is 0 Å². The van der Waals surface area contributed by atoms with Crippen molar-refractivity contribution >= 4 is 11.7 Å². The Morgan fingerprint density at radius 2 is 1.53 bits per heavy atom. The molecule has 6 rings (SSSR count). The molecule has 7 nitrogen and oxygen atoms in total. The zero-order valence-corrected chi connectivity index (χ0v) is 19.2. The molecule has 4 aromatic rings. The summed E-state index contributed by atoms with van der Waals surface area (Å²) in [6, 6.07) is 21.4. The van der Waals surface area contributed by atoms with Crippen LogP contribution in [0.1, 0.15) is 36.8 Å². The van der Waals surface area contributed by atoms with Crippen LogP contribution in [0.15, 0.2) is 65.1 Å². The quantitative estimate of drug-likeness (QED) is 0.413. The van der Waals surface area contributed by atoms with E-state index < -0.39 is 0 Å². The van der Waals surface area contributed by atoms with E-state index in [2.05, 4.69) is 48.8 Å². The molecule has 1 fully saturated rings. The Balaban J connectivity index is 1.13. The average molecular weight is 453 g/mol. The highest BCUT2D eigenvalue weighted by atomic mass is 16.4. The summed E-state index contributed by atoms with van der Waals surface area (Å²) in [5.74, 6) is 0.345. The molecule has 1 aliphatic heterocycles. The molecule has 0 amide bonds. The van der Waals surface area contributed by atoms with Gasteiger partial charge in [-0.25, -0.2) is 0 Å². The monoisotopic (exact) mass is 452 g/mol. The van der Waals surface area contributed by atoms with Gasteiger partial charge in [0.2, 0.25) is 0 Å². The van der Waals surface area contributed by atoms with E-state index in [-0.39, 0.29) is 0 Å². The molecule has 7 heteroatoms. The minimum Gasteiger partial charge on any atom is -0.401 e. The number of aromatic nitrogens is 4. The smallest absolute Gasteiger partial charge is 0.320 e. The third kappa shape index (κ3) is 4.43. The van der Waals surface area contributed by atoms with Crippen molar-refractivity contribution < 1.29 is 4.42 Å². The van der Waals surface area contributed by atoms with Crippen LogP contribution in [0.5, 0.6) is 0 Å². The first-order chi connectivity index (χ1) is 16.8. The van der Waals surface area contributed by atoms with E-state index in [1.165, 1.54) is 49.9 Å². The lowest BCUT2D eigenvalue weighted by Crippen LogP contribution is -2.32. The Hall–Kier alpha value is -3.58. The van der Waals surface area contributed by atoms with E-state index in [4.69, 9.17) is 4.42 Å². The fraction of sp³-hybridized carbons (Fsp3) is 0.333. The number of likely N-dealkylation sites (tertiary alicyclic amines) is 1. The number of nitrogens with one attached hydrogen (secondary N) is 1. The molecule has 1 N–H and O–H groups in total. The molecular formula is C27H28N6O. The molecule has 1 atom stereocenters. The lowest BCUT2D eigenvalue weighted by molar-refractivity contribution is 0.222. The largest absolute Gasteiger partial charge is 0.401 e. The van der Waals surface area contributed by atoms with Crippen molar-refractivity contribution in [2.45, 2.75) is 44.6 Å². The minimum atomic E-state index is 0.345. The number of fused-ring (bicyclic) bond motifs is 1. The summed E-state index contributed by atoms with van der Waals surface area (Å²) in [4.78, 5) is 2.69. The second-order valence-electron chi connectivity index (χ2n) is 9.16. The Morgan fingerprint density at radius 3 is 2.32 bits per heavy atom. The van der Waals surface area contributed by atoms with Gasteiger partial charge in [0.15, 0.2) is 0 Å². The van der Waals surface area contributed by atoms with Crippen molar-refractivity contribution in [3.05, 3.63) is 71.8 Å². The number of hydrogen-bond donors (Lipinski definition) is 1. The van der Waals surface area contributed by atoms with E-state index in [1.54, 1.807) is 0 Å². The molecular weight excluding hydrogens is 424 g/mol. The summed E-state index contributed by atoms with van der Waals surface area (Å²) in [6.07, 6.45) is 7.47. The first kappa shape index (κ1) is 21.0. The fourth-order valence-electron chi connectivity index (χ4n) is 5.15. The van der Waals surface area contributed by atoms with Gasteiger partial charge in [-0.1, -0.05) is 41.5 Å². The van der Waals surface area contributed by atoms with Gasteiger partial charge in [-0.2, -0.15) is 0 Å². The first-order valence-corrected chi connectivity index (χ1v) is 12.2. The van der Waals surface area contributed by atoms with Gasteiger partial charge in [-0.05, 0) is 87.0 Å². The van der Waals surface area contributed by atoms with Crippen LogP contribution in [-0.4, -0.2) is 44.4 Å². The van der Waals surface area contributed by atoms with Crippen LogP contribution in [0.4, 0.5) is 11.7 Å². The minimum absolute atomic E-state index is 0.345. The van der Waals surface area contributed by atoms with Gasteiger partial charge in [0.25, 0.3) is 5.89 Å². The van der Waals surface area contributed by atoms with Crippen molar-refractivity contribution in [2.24, 2.45) is 0 Å². The maximum absolute atomic E-state index is 5.83. The Labute approximate surface area is 199 Å². The van der Waals surface area contributed by atoms with Crippen LogP contribution >= 0.6 is 0 Å². The molecule has 0 radical (unpaired) electrons. The standard InChI is InChI=1S/C27H28N6O/c1-2-6-20(7-3-1)24-14-15-25(30-29-24)26-31-32-27(34-26)28-22-11-8-19-9-12-23(13-10-21(19)18-22)33-16-4-5-17-33/h1-3,6-8,11,14-15,18,23H,4-5,9-10,12-13,16-17H2,(H,28,32). The van der Waals surface area contributed by atoms with Crippen LogP contribution in [0.3, 0.4) is 0 Å². The predicted octanol–water partition coefficient (Wildman–Crippen LogP) is 5.28. The van der Waals surface area contributed by atoms with Gasteiger partial charge in [0.1, 0.15) is 5.69 Å². The Morgan fingerprint density at radius 1 is 0.765 bits per heavy atom. The molecule has 0 spiro atoms. The van der Waals surface area contributed by atoms with Gasteiger partial charge < -0.3 is 14.6 Å². The summed E-state index contributed by atoms with van der Waals surface area (Å²) in [5, 5.41) is 20.2. The van der Waals surface area contributed by atoms with Crippen molar-refractivity contribution in [3.63, 3.8) is 0 Å². The number of anilines is 2. The van der Waals surface area contributed by atoms with Gasteiger partial charge in [0, 0.05) is 17.3 Å². The maximum Gasteiger partial charge on any atom is 0.320 e.